The Kier molecular flexibility index (Phi) is 6.24. The molecule has 1 saturated heterocycles. The molecule has 1 aliphatic rings. The van der Waals surface area contributed by atoms with Crippen LogP contribution in [0.5, 0.6) is 0 Å². The molecule has 1 aliphatic heterocycles. The average molecular weight is 513 g/mol. The summed E-state index contributed by atoms with van der Waals surface area (Å²) in [6.07, 6.45) is 9.17. The summed E-state index contributed by atoms with van der Waals surface area (Å²) >= 11 is 0. The van der Waals surface area contributed by atoms with E-state index in [0.29, 0.717) is 28.5 Å². The lowest BCUT2D eigenvalue weighted by Crippen LogP contribution is -2.42. The van der Waals surface area contributed by atoms with Crippen LogP contribution >= 0.6 is 0 Å². The molecule has 4 aromatic heterocycles. The number of aryl methyl sites for hydroxylation is 2. The molecular weight excluding hydrogens is 483 g/mol. The van der Waals surface area contributed by atoms with E-state index >= 15 is 0 Å². The summed E-state index contributed by atoms with van der Waals surface area (Å²) in [4.78, 5) is 24.2. The summed E-state index contributed by atoms with van der Waals surface area (Å²) < 4.78 is 17.8. The van der Waals surface area contributed by atoms with Gasteiger partial charge >= 0.3 is 0 Å². The summed E-state index contributed by atoms with van der Waals surface area (Å²) in [5, 5.41) is 12.0. The highest BCUT2D eigenvalue weighted by Crippen LogP contribution is 2.31. The number of carbonyl (C=O) groups excluding carboxylic acids is 1. The van der Waals surface area contributed by atoms with E-state index in [1.54, 1.807) is 28.4 Å². The number of piperidine rings is 1. The molecule has 5 aromatic rings. The predicted molar refractivity (Wildman–Crippen MR) is 145 cm³/mol. The number of amides is 1. The zero-order valence-electron chi connectivity index (χ0n) is 21.4. The number of carbonyl (C=O) groups is 1. The van der Waals surface area contributed by atoms with Crippen molar-refractivity contribution in [3.05, 3.63) is 84.0 Å². The lowest BCUT2D eigenvalue weighted by Gasteiger charge is -2.34. The molecule has 0 atom stereocenters. The number of rotatable bonds is 6. The van der Waals surface area contributed by atoms with Gasteiger partial charge in [-0.3, -0.25) is 14.5 Å². The van der Waals surface area contributed by atoms with E-state index in [-0.39, 0.29) is 11.6 Å². The van der Waals surface area contributed by atoms with Gasteiger partial charge in [-0.1, -0.05) is 6.07 Å². The molecule has 0 aliphatic carbocycles. The van der Waals surface area contributed by atoms with E-state index in [4.69, 9.17) is 0 Å². The van der Waals surface area contributed by atoms with Gasteiger partial charge in [0, 0.05) is 74.7 Å². The van der Waals surface area contributed by atoms with E-state index in [0.717, 1.165) is 49.2 Å². The lowest BCUT2D eigenvalue weighted by atomic mass is 10.0. The van der Waals surface area contributed by atoms with Gasteiger partial charge in [0.15, 0.2) is 11.5 Å². The Hall–Kier alpha value is -4.31. The quantitative estimate of drug-likeness (QED) is 0.356. The van der Waals surface area contributed by atoms with E-state index in [1.807, 2.05) is 49.8 Å². The van der Waals surface area contributed by atoms with Crippen LogP contribution in [0, 0.1) is 12.7 Å². The van der Waals surface area contributed by atoms with Gasteiger partial charge in [0.05, 0.1) is 22.6 Å². The van der Waals surface area contributed by atoms with Crippen molar-refractivity contribution in [3.8, 4) is 0 Å². The largest absolute Gasteiger partial charge is 0.371 e. The van der Waals surface area contributed by atoms with Crippen molar-refractivity contribution >= 4 is 33.8 Å². The van der Waals surface area contributed by atoms with Crippen LogP contribution in [0.2, 0.25) is 0 Å². The van der Waals surface area contributed by atoms with Crippen LogP contribution in [0.3, 0.4) is 0 Å². The molecule has 1 amide bonds. The predicted octanol–water partition coefficient (Wildman–Crippen LogP) is 4.07. The third-order valence-electron chi connectivity index (χ3n) is 7.03. The first-order chi connectivity index (χ1) is 18.4. The number of hydrogen-bond acceptors (Lipinski definition) is 6. The van der Waals surface area contributed by atoms with Crippen molar-refractivity contribution in [2.24, 2.45) is 7.05 Å². The first-order valence-corrected chi connectivity index (χ1v) is 12.8. The second-order valence-corrected chi connectivity index (χ2v) is 9.80. The summed E-state index contributed by atoms with van der Waals surface area (Å²) in [6, 6.07) is 11.5. The molecule has 6 rings (SSSR count). The van der Waals surface area contributed by atoms with Crippen molar-refractivity contribution in [1.29, 1.82) is 0 Å². The lowest BCUT2D eigenvalue weighted by molar-refractivity contribution is 0.102. The molecule has 0 spiro atoms. The molecule has 38 heavy (non-hydrogen) atoms. The van der Waals surface area contributed by atoms with Gasteiger partial charge in [-0.15, -0.1) is 0 Å². The number of nitrogens with zero attached hydrogens (tertiary/aromatic N) is 6. The van der Waals surface area contributed by atoms with Crippen LogP contribution in [0.25, 0.3) is 16.6 Å². The Bertz CT molecular complexity index is 1620. The summed E-state index contributed by atoms with van der Waals surface area (Å²) in [7, 11) is 1.85. The van der Waals surface area contributed by atoms with Gasteiger partial charge in [0.2, 0.25) is 0 Å². The summed E-state index contributed by atoms with van der Waals surface area (Å²) in [6.45, 7) is 4.36. The Balaban J connectivity index is 1.18. The SMILES string of the molecule is Cc1cn2cc(NC(=O)c3ccc(N4CCC(NCc5ccccn5)CC4)c4cn(C)nc34)cc(F)c2n1. The molecule has 1 fully saturated rings. The van der Waals surface area contributed by atoms with Gasteiger partial charge < -0.3 is 19.9 Å². The fraction of sp³-hybridized carbons (Fsp3) is 0.286. The van der Waals surface area contributed by atoms with Crippen LogP contribution < -0.4 is 15.5 Å². The third-order valence-corrected chi connectivity index (χ3v) is 7.03. The molecule has 0 saturated carbocycles. The number of hydrogen-bond donors (Lipinski definition) is 2. The molecule has 9 nitrogen and oxygen atoms in total. The fourth-order valence-corrected chi connectivity index (χ4v) is 5.19. The Morgan fingerprint density at radius 1 is 1.13 bits per heavy atom. The normalized spacial score (nSPS) is 14.4. The number of halogens is 1. The number of imidazole rings is 1. The van der Waals surface area contributed by atoms with Gasteiger partial charge in [0.1, 0.15) is 5.52 Å². The van der Waals surface area contributed by atoms with Crippen LogP contribution in [0.15, 0.2) is 61.2 Å². The molecule has 1 aromatic carbocycles. The van der Waals surface area contributed by atoms with Crippen molar-refractivity contribution in [2.75, 3.05) is 23.3 Å². The zero-order valence-corrected chi connectivity index (χ0v) is 21.4. The number of pyridine rings is 2. The minimum absolute atomic E-state index is 0.229. The fourth-order valence-electron chi connectivity index (χ4n) is 5.19. The molecule has 5 heterocycles. The highest BCUT2D eigenvalue weighted by atomic mass is 19.1. The summed E-state index contributed by atoms with van der Waals surface area (Å²) in [5.41, 5.74) is 4.46. The van der Waals surface area contributed by atoms with Crippen LogP contribution in [0.1, 0.15) is 34.6 Å². The smallest absolute Gasteiger partial charge is 0.257 e. The monoisotopic (exact) mass is 512 g/mol. The number of fused-ring (bicyclic) bond motifs is 2. The van der Waals surface area contributed by atoms with Crippen LogP contribution in [0.4, 0.5) is 15.8 Å². The summed E-state index contributed by atoms with van der Waals surface area (Å²) in [5.74, 6) is -0.833. The topological polar surface area (TPSA) is 92.4 Å². The van der Waals surface area contributed by atoms with E-state index in [1.165, 1.54) is 6.07 Å². The number of nitrogens with one attached hydrogen (secondary N) is 2. The van der Waals surface area contributed by atoms with E-state index in [2.05, 4.69) is 30.6 Å². The first-order valence-electron chi connectivity index (χ1n) is 12.8. The highest BCUT2D eigenvalue weighted by molar-refractivity contribution is 6.13. The average Bonchev–Trinajstić information content (AvgIpc) is 3.49. The number of anilines is 2. The first kappa shape index (κ1) is 24.1. The molecule has 194 valence electrons. The second-order valence-electron chi connectivity index (χ2n) is 9.80. The molecular formula is C28H29FN8O. The third kappa shape index (κ3) is 4.70. The van der Waals surface area contributed by atoms with Gasteiger partial charge in [-0.2, -0.15) is 5.10 Å². The Labute approximate surface area is 219 Å². The van der Waals surface area contributed by atoms with Gasteiger partial charge in [-0.05, 0) is 44.0 Å². The minimum Gasteiger partial charge on any atom is -0.371 e. The molecule has 2 N–H and O–H groups in total. The van der Waals surface area contributed by atoms with E-state index < -0.39 is 5.82 Å². The zero-order chi connectivity index (χ0) is 26.2. The van der Waals surface area contributed by atoms with Crippen molar-refractivity contribution in [1.82, 2.24) is 29.5 Å². The van der Waals surface area contributed by atoms with E-state index in [9.17, 15) is 9.18 Å². The van der Waals surface area contributed by atoms with Gasteiger partial charge in [-0.25, -0.2) is 9.37 Å². The van der Waals surface area contributed by atoms with Crippen molar-refractivity contribution in [3.63, 3.8) is 0 Å². The maximum Gasteiger partial charge on any atom is 0.257 e. The highest BCUT2D eigenvalue weighted by Gasteiger charge is 2.23. The Morgan fingerprint density at radius 2 is 1.97 bits per heavy atom. The Morgan fingerprint density at radius 3 is 2.76 bits per heavy atom. The molecule has 0 bridgehead atoms. The maximum absolute atomic E-state index is 14.5. The van der Waals surface area contributed by atoms with Crippen LogP contribution in [-0.4, -0.2) is 49.2 Å². The minimum atomic E-state index is -0.493. The molecule has 10 heteroatoms. The van der Waals surface area contributed by atoms with Crippen LogP contribution in [-0.2, 0) is 13.6 Å². The number of benzene rings is 1. The molecule has 0 radical (unpaired) electrons. The maximum atomic E-state index is 14.5. The van der Waals surface area contributed by atoms with Crippen molar-refractivity contribution in [2.45, 2.75) is 32.4 Å². The van der Waals surface area contributed by atoms with Crippen molar-refractivity contribution < 1.29 is 9.18 Å². The molecule has 0 unspecified atom stereocenters. The second kappa shape index (κ2) is 9.86. The standard InChI is InChI=1S/C28H29FN8O/c1-18-15-37-16-21(13-24(29)27(37)32-18)33-28(38)22-6-7-25(23-17-35(2)34-26(22)23)36-11-8-19(9-12-36)31-14-20-5-3-4-10-30-20/h3-7,10,13,15-17,19,31H,8-9,11-12,14H2,1-2H3,(H,33,38). The van der Waals surface area contributed by atoms with Gasteiger partial charge in [0.25, 0.3) is 5.91 Å². The number of aromatic nitrogens is 5.